The first kappa shape index (κ1) is 34.1. The van der Waals surface area contributed by atoms with Gasteiger partial charge in [0.05, 0.1) is 16.7 Å². The molecule has 0 saturated heterocycles. The molecule has 0 bridgehead atoms. The number of fused-ring (bicyclic) bond motifs is 9. The number of anilines is 3. The fourth-order valence-electron chi connectivity index (χ4n) is 9.44. The molecule has 12 aromatic rings. The van der Waals surface area contributed by atoms with Crippen LogP contribution in [0.25, 0.3) is 92.8 Å². The molecule has 0 aliphatic heterocycles. The average Bonchev–Trinajstić information content (AvgIpc) is 3.66. The number of nitrogens with zero attached hydrogens (tertiary/aromatic N) is 2. The molecule has 0 spiro atoms. The lowest BCUT2D eigenvalue weighted by atomic mass is 9.96. The first-order valence-electron chi connectivity index (χ1n) is 20.7. The molecule has 12 rings (SSSR count). The summed E-state index contributed by atoms with van der Waals surface area (Å²) >= 11 is 0. The third-order valence-electron chi connectivity index (χ3n) is 12.3. The van der Waals surface area contributed by atoms with Gasteiger partial charge < -0.3 is 9.47 Å². The van der Waals surface area contributed by atoms with Crippen LogP contribution in [0.3, 0.4) is 0 Å². The van der Waals surface area contributed by atoms with Crippen LogP contribution in [0.15, 0.2) is 231 Å². The van der Waals surface area contributed by atoms with E-state index in [-0.39, 0.29) is 0 Å². The van der Waals surface area contributed by atoms with Crippen molar-refractivity contribution < 1.29 is 0 Å². The van der Waals surface area contributed by atoms with Crippen molar-refractivity contribution in [3.05, 3.63) is 231 Å². The molecule has 0 radical (unpaired) electrons. The van der Waals surface area contributed by atoms with Crippen LogP contribution in [0.4, 0.5) is 17.1 Å². The smallest absolute Gasteiger partial charge is 0.0546 e. The molecule has 0 amide bonds. The molecule has 1 aromatic heterocycles. The van der Waals surface area contributed by atoms with Gasteiger partial charge >= 0.3 is 0 Å². The zero-order valence-electron chi connectivity index (χ0n) is 32.8. The van der Waals surface area contributed by atoms with E-state index in [1.54, 1.807) is 0 Å². The van der Waals surface area contributed by atoms with Crippen molar-refractivity contribution in [3.63, 3.8) is 0 Å². The average molecular weight is 763 g/mol. The fraction of sp³-hybridized carbons (Fsp3) is 0. The monoisotopic (exact) mass is 762 g/mol. The predicted octanol–water partition coefficient (Wildman–Crippen LogP) is 16.2. The van der Waals surface area contributed by atoms with Gasteiger partial charge in [-0.25, -0.2) is 0 Å². The van der Waals surface area contributed by atoms with E-state index in [4.69, 9.17) is 0 Å². The summed E-state index contributed by atoms with van der Waals surface area (Å²) in [6.45, 7) is 0. The second-order valence-corrected chi connectivity index (χ2v) is 15.7. The van der Waals surface area contributed by atoms with Crippen molar-refractivity contribution in [3.8, 4) is 27.9 Å². The third kappa shape index (κ3) is 5.57. The molecule has 60 heavy (non-hydrogen) atoms. The van der Waals surface area contributed by atoms with E-state index in [1.165, 1.54) is 92.8 Å². The molecular weight excluding hydrogens is 725 g/mol. The van der Waals surface area contributed by atoms with Crippen molar-refractivity contribution in [1.29, 1.82) is 0 Å². The Bertz CT molecular complexity index is 3580. The molecule has 0 aliphatic rings. The maximum atomic E-state index is 2.42. The molecule has 2 nitrogen and oxygen atoms in total. The van der Waals surface area contributed by atoms with Crippen LogP contribution in [0, 0.1) is 0 Å². The highest BCUT2D eigenvalue weighted by Crippen LogP contribution is 2.43. The zero-order chi connectivity index (χ0) is 39.6. The summed E-state index contributed by atoms with van der Waals surface area (Å²) in [5.74, 6) is 0. The summed E-state index contributed by atoms with van der Waals surface area (Å²) in [4.78, 5) is 2.42. The molecule has 0 aliphatic carbocycles. The van der Waals surface area contributed by atoms with Crippen LogP contribution >= 0.6 is 0 Å². The molecule has 0 fully saturated rings. The van der Waals surface area contributed by atoms with Gasteiger partial charge in [-0.05, 0) is 127 Å². The third-order valence-corrected chi connectivity index (χ3v) is 12.3. The van der Waals surface area contributed by atoms with E-state index in [1.807, 2.05) is 0 Å². The lowest BCUT2D eigenvalue weighted by Crippen LogP contribution is -2.10. The second-order valence-electron chi connectivity index (χ2n) is 15.7. The maximum Gasteiger partial charge on any atom is 0.0546 e. The van der Waals surface area contributed by atoms with Crippen LogP contribution in [0.1, 0.15) is 0 Å². The fourth-order valence-corrected chi connectivity index (χ4v) is 9.44. The van der Waals surface area contributed by atoms with Crippen molar-refractivity contribution >= 4 is 82.0 Å². The molecule has 280 valence electrons. The van der Waals surface area contributed by atoms with Crippen LogP contribution in [0.5, 0.6) is 0 Å². The van der Waals surface area contributed by atoms with Crippen LogP contribution in [0.2, 0.25) is 0 Å². The molecule has 1 heterocycles. The summed E-state index contributed by atoms with van der Waals surface area (Å²) in [5.41, 5.74) is 11.7. The quantitative estimate of drug-likeness (QED) is 0.153. The second kappa shape index (κ2) is 13.9. The molecule has 0 saturated carbocycles. The maximum absolute atomic E-state index is 2.42. The Morgan fingerprint density at radius 2 is 0.733 bits per heavy atom. The Morgan fingerprint density at radius 3 is 1.43 bits per heavy atom. The number of benzene rings is 11. The highest BCUT2D eigenvalue weighted by atomic mass is 15.1. The van der Waals surface area contributed by atoms with Gasteiger partial charge in [-0.3, -0.25) is 0 Å². The van der Waals surface area contributed by atoms with Crippen LogP contribution in [-0.4, -0.2) is 4.57 Å². The normalized spacial score (nSPS) is 11.7. The Balaban J connectivity index is 0.981. The number of hydrogen-bond acceptors (Lipinski definition) is 1. The van der Waals surface area contributed by atoms with E-state index in [0.717, 1.165) is 17.1 Å². The van der Waals surface area contributed by atoms with Gasteiger partial charge in [0.15, 0.2) is 0 Å². The van der Waals surface area contributed by atoms with Gasteiger partial charge in [0, 0.05) is 33.2 Å². The lowest BCUT2D eigenvalue weighted by Gasteiger charge is -2.28. The van der Waals surface area contributed by atoms with Gasteiger partial charge in [0.1, 0.15) is 0 Å². The van der Waals surface area contributed by atoms with Gasteiger partial charge in [0.25, 0.3) is 0 Å². The molecule has 11 aromatic carbocycles. The van der Waals surface area contributed by atoms with E-state index >= 15 is 0 Å². The van der Waals surface area contributed by atoms with Gasteiger partial charge in [-0.15, -0.1) is 0 Å². The Labute approximate surface area is 348 Å². The number of aromatic nitrogens is 1. The highest BCUT2D eigenvalue weighted by molar-refractivity contribution is 6.15. The van der Waals surface area contributed by atoms with Crippen molar-refractivity contribution in [1.82, 2.24) is 4.57 Å². The van der Waals surface area contributed by atoms with Crippen LogP contribution in [-0.2, 0) is 0 Å². The van der Waals surface area contributed by atoms with Gasteiger partial charge in [-0.2, -0.15) is 0 Å². The summed E-state index contributed by atoms with van der Waals surface area (Å²) < 4.78 is 2.37. The highest BCUT2D eigenvalue weighted by Gasteiger charge is 2.19. The van der Waals surface area contributed by atoms with Crippen molar-refractivity contribution in [2.24, 2.45) is 0 Å². The van der Waals surface area contributed by atoms with Crippen molar-refractivity contribution in [2.75, 3.05) is 4.90 Å². The minimum Gasteiger partial charge on any atom is -0.310 e. The summed E-state index contributed by atoms with van der Waals surface area (Å²) in [7, 11) is 0. The summed E-state index contributed by atoms with van der Waals surface area (Å²) in [5, 5.41) is 12.5. The number of hydrogen-bond donors (Lipinski definition) is 0. The lowest BCUT2D eigenvalue weighted by molar-refractivity contribution is 1.18. The largest absolute Gasteiger partial charge is 0.310 e. The molecule has 2 heteroatoms. The Kier molecular flexibility index (Phi) is 7.89. The zero-order valence-corrected chi connectivity index (χ0v) is 32.8. The van der Waals surface area contributed by atoms with E-state index in [0.29, 0.717) is 0 Å². The molecular formula is C58H38N2. The van der Waals surface area contributed by atoms with Gasteiger partial charge in [0.2, 0.25) is 0 Å². The minimum absolute atomic E-state index is 1.10. The minimum atomic E-state index is 1.10. The first-order valence-corrected chi connectivity index (χ1v) is 20.7. The van der Waals surface area contributed by atoms with E-state index in [2.05, 4.69) is 240 Å². The van der Waals surface area contributed by atoms with E-state index < -0.39 is 0 Å². The SMILES string of the molecule is c1ccc(-n2c3ccccc3c3cc(-c4ccc(N(c5ccc(-c6ccc7ccc8ccccc8c7c6)cc5)c5cc6ccccc6c6ccccc56)cc4)ccc32)cc1. The molecule has 0 N–H and O–H groups in total. The van der Waals surface area contributed by atoms with Gasteiger partial charge in [-0.1, -0.05) is 164 Å². The molecule has 0 unspecified atom stereocenters. The topological polar surface area (TPSA) is 8.17 Å². The number of para-hydroxylation sites is 2. The number of rotatable bonds is 6. The standard InChI is InChI=1S/C58H38N2/c1-2-14-46(15-3-1)60-56-21-11-10-20-53(56)55-37-44(30-35-57(55)60)40-28-33-48(34-29-40)59(58-38-45-13-5-7-17-50(45)51-18-8-9-19-52(51)58)47-31-26-39(27-32-47)43-25-24-42-23-22-41-12-4-6-16-49(41)54(42)36-43/h1-38H. The molecule has 0 atom stereocenters. The van der Waals surface area contributed by atoms with Crippen LogP contribution < -0.4 is 4.90 Å². The Morgan fingerprint density at radius 1 is 0.267 bits per heavy atom. The Hall–Kier alpha value is -7.94. The van der Waals surface area contributed by atoms with E-state index in [9.17, 15) is 0 Å². The summed E-state index contributed by atoms with van der Waals surface area (Å²) in [6.07, 6.45) is 0. The summed E-state index contributed by atoms with van der Waals surface area (Å²) in [6, 6.07) is 84.3. The first-order chi connectivity index (χ1) is 29.7. The van der Waals surface area contributed by atoms with Crippen molar-refractivity contribution in [2.45, 2.75) is 0 Å². The predicted molar refractivity (Wildman–Crippen MR) is 256 cm³/mol.